The van der Waals surface area contributed by atoms with Gasteiger partial charge in [0.2, 0.25) is 6.41 Å². The van der Waals surface area contributed by atoms with Crippen LogP contribution in [-0.4, -0.2) is 44.3 Å². The molecule has 5 N–H and O–H groups in total. The molecule has 8 heteroatoms. The van der Waals surface area contributed by atoms with Crippen LogP contribution < -0.4 is 21.7 Å². The summed E-state index contributed by atoms with van der Waals surface area (Å²) < 4.78 is 0. The van der Waals surface area contributed by atoms with Gasteiger partial charge >= 0.3 is 0 Å². The number of hydrogen-bond acceptors (Lipinski definition) is 5. The van der Waals surface area contributed by atoms with Crippen LogP contribution in [0, 0.1) is 17.8 Å². The highest BCUT2D eigenvalue weighted by Crippen LogP contribution is 2.29. The van der Waals surface area contributed by atoms with E-state index in [1.54, 1.807) is 30.2 Å². The van der Waals surface area contributed by atoms with Crippen molar-refractivity contribution in [3.8, 4) is 0 Å². The predicted molar refractivity (Wildman–Crippen MR) is 185 cm³/mol. The van der Waals surface area contributed by atoms with Gasteiger partial charge in [0.25, 0.3) is 5.91 Å². The van der Waals surface area contributed by atoms with Crippen LogP contribution in [0.25, 0.3) is 0 Å². The molecule has 1 aliphatic rings. The van der Waals surface area contributed by atoms with Crippen molar-refractivity contribution < 1.29 is 14.4 Å². The van der Waals surface area contributed by atoms with Gasteiger partial charge in [-0.3, -0.25) is 9.59 Å². The van der Waals surface area contributed by atoms with Gasteiger partial charge in [0.05, 0.1) is 10.7 Å². The summed E-state index contributed by atoms with van der Waals surface area (Å²) in [5.41, 5.74) is 10.8. The van der Waals surface area contributed by atoms with Gasteiger partial charge in [-0.25, -0.2) is 0 Å². The number of hydrogen-bond donors (Lipinski definition) is 4. The number of amides is 2. The minimum Gasteiger partial charge on any atom is -0.398 e. The van der Waals surface area contributed by atoms with Crippen LogP contribution >= 0.6 is 11.6 Å². The molecule has 0 aliphatic heterocycles. The first kappa shape index (κ1) is 38.9. The number of benzene rings is 2. The molecule has 0 saturated carbocycles. The number of carbonyl (C=O) groups is 3. The summed E-state index contributed by atoms with van der Waals surface area (Å²) in [7, 11) is 2.01. The van der Waals surface area contributed by atoms with Crippen molar-refractivity contribution >= 4 is 35.9 Å². The standard InChI is InChI=1S/C15H20ClN3O3.C12H16.C9H19N/c1-10(12(8-20)3-2-6-18-9-21)19-15(22)11-4-5-14(17)13(16)7-11;1-2-5-10-8-11-6-3-4-7-12(11)9-10;1-7(2)6-9(10-5)8(3)4/h4-5,7-10,12H,2-3,6,17H2,1H3,(H,18,21)(H,19,22);3-4,6-7,10H,2,5,8-9H2,1H3;8-10H,1,6H2,2-5H3. The van der Waals surface area contributed by atoms with Crippen LogP contribution in [0.1, 0.15) is 88.2 Å². The van der Waals surface area contributed by atoms with E-state index in [1.165, 1.54) is 37.3 Å². The lowest BCUT2D eigenvalue weighted by atomic mass is 9.97. The number of rotatable bonds is 15. The maximum absolute atomic E-state index is 12.1. The van der Waals surface area contributed by atoms with E-state index in [0.717, 1.165) is 18.6 Å². The van der Waals surface area contributed by atoms with E-state index in [1.807, 2.05) is 7.05 Å². The summed E-state index contributed by atoms with van der Waals surface area (Å²) in [5.74, 6) is 1.00. The first-order valence-corrected chi connectivity index (χ1v) is 16.2. The number of nitrogen functional groups attached to an aromatic ring is 1. The fraction of sp³-hybridized carbons (Fsp3) is 0.528. The van der Waals surface area contributed by atoms with E-state index in [-0.39, 0.29) is 17.9 Å². The third kappa shape index (κ3) is 14.5. The van der Waals surface area contributed by atoms with Crippen LogP contribution in [-0.2, 0) is 22.4 Å². The Morgan fingerprint density at radius 1 is 1.11 bits per heavy atom. The second kappa shape index (κ2) is 21.5. The van der Waals surface area contributed by atoms with Crippen LogP contribution in [0.3, 0.4) is 0 Å². The second-order valence-electron chi connectivity index (χ2n) is 12.1. The molecular formula is C36H55ClN4O3. The average molecular weight is 627 g/mol. The van der Waals surface area contributed by atoms with Crippen LogP contribution in [0.2, 0.25) is 5.02 Å². The van der Waals surface area contributed by atoms with Crippen molar-refractivity contribution in [3.05, 3.63) is 76.3 Å². The third-order valence-electron chi connectivity index (χ3n) is 7.96. The molecule has 0 heterocycles. The number of halogens is 1. The molecule has 0 aromatic heterocycles. The molecule has 244 valence electrons. The molecule has 0 fully saturated rings. The number of fused-ring (bicyclic) bond motifs is 1. The molecular weight excluding hydrogens is 572 g/mol. The first-order chi connectivity index (χ1) is 21.0. The topological polar surface area (TPSA) is 113 Å². The summed E-state index contributed by atoms with van der Waals surface area (Å²) in [5, 5.41) is 8.89. The molecule has 3 atom stereocenters. The second-order valence-corrected chi connectivity index (χ2v) is 12.6. The predicted octanol–water partition coefficient (Wildman–Crippen LogP) is 6.78. The van der Waals surface area contributed by atoms with Crippen molar-refractivity contribution in [1.82, 2.24) is 16.0 Å². The minimum atomic E-state index is -0.322. The summed E-state index contributed by atoms with van der Waals surface area (Å²) in [4.78, 5) is 33.4. The highest BCUT2D eigenvalue weighted by atomic mass is 35.5. The van der Waals surface area contributed by atoms with Gasteiger partial charge in [0.1, 0.15) is 6.29 Å². The normalized spacial score (nSPS) is 14.1. The molecule has 0 saturated heterocycles. The lowest BCUT2D eigenvalue weighted by Crippen LogP contribution is -2.39. The van der Waals surface area contributed by atoms with Crippen molar-refractivity contribution in [1.29, 1.82) is 0 Å². The van der Waals surface area contributed by atoms with Crippen LogP contribution in [0.4, 0.5) is 5.69 Å². The molecule has 0 spiro atoms. The van der Waals surface area contributed by atoms with Crippen molar-refractivity contribution in [2.24, 2.45) is 17.8 Å². The number of aldehydes is 1. The van der Waals surface area contributed by atoms with Crippen LogP contribution in [0.5, 0.6) is 0 Å². The molecule has 3 rings (SSSR count). The van der Waals surface area contributed by atoms with Crippen LogP contribution in [0.15, 0.2) is 54.6 Å². The summed E-state index contributed by atoms with van der Waals surface area (Å²) in [6.45, 7) is 15.0. The van der Waals surface area contributed by atoms with Gasteiger partial charge in [-0.05, 0) is 94.2 Å². The quantitative estimate of drug-likeness (QED) is 0.0753. The van der Waals surface area contributed by atoms with Gasteiger partial charge in [-0.15, -0.1) is 6.58 Å². The Labute approximate surface area is 270 Å². The van der Waals surface area contributed by atoms with E-state index in [9.17, 15) is 14.4 Å². The molecule has 1 aliphatic carbocycles. The largest absolute Gasteiger partial charge is 0.398 e. The summed E-state index contributed by atoms with van der Waals surface area (Å²) in [6, 6.07) is 13.8. The van der Waals surface area contributed by atoms with Crippen molar-refractivity contribution in [2.75, 3.05) is 19.3 Å². The first-order valence-electron chi connectivity index (χ1n) is 15.8. The Hall–Kier alpha value is -3.16. The van der Waals surface area contributed by atoms with Gasteiger partial charge in [0.15, 0.2) is 0 Å². The zero-order valence-corrected chi connectivity index (χ0v) is 28.4. The number of carbonyl (C=O) groups excluding carboxylic acids is 3. The van der Waals surface area contributed by atoms with E-state index >= 15 is 0 Å². The van der Waals surface area contributed by atoms with Gasteiger partial charge in [-0.1, -0.05) is 75.1 Å². The monoisotopic (exact) mass is 626 g/mol. The van der Waals surface area contributed by atoms with Gasteiger partial charge in [-0.2, -0.15) is 0 Å². The number of nitrogens with one attached hydrogen (secondary N) is 3. The highest BCUT2D eigenvalue weighted by Gasteiger charge is 2.20. The van der Waals surface area contributed by atoms with E-state index in [0.29, 0.717) is 54.0 Å². The van der Waals surface area contributed by atoms with E-state index in [4.69, 9.17) is 17.3 Å². The SMILES string of the molecule is C=C(C)CC(NC)C(C)C.CC(NC(=O)c1ccc(N)c(Cl)c1)C(C=O)CCCNC=O.CCCC1Cc2ccccc2C1. The van der Waals surface area contributed by atoms with Crippen molar-refractivity contribution in [3.63, 3.8) is 0 Å². The molecule has 7 nitrogen and oxygen atoms in total. The Morgan fingerprint density at radius 3 is 2.20 bits per heavy atom. The Kier molecular flexibility index (Phi) is 19.0. The number of nitrogens with two attached hydrogens (primary N) is 1. The lowest BCUT2D eigenvalue weighted by molar-refractivity contribution is -0.111. The van der Waals surface area contributed by atoms with Gasteiger partial charge in [0, 0.05) is 30.1 Å². The number of anilines is 1. The minimum absolute atomic E-state index is 0.312. The zero-order valence-electron chi connectivity index (χ0n) is 27.6. The third-order valence-corrected chi connectivity index (χ3v) is 8.28. The molecule has 44 heavy (non-hydrogen) atoms. The fourth-order valence-corrected chi connectivity index (χ4v) is 5.49. The molecule has 3 unspecified atom stereocenters. The van der Waals surface area contributed by atoms with E-state index in [2.05, 4.69) is 74.5 Å². The fourth-order valence-electron chi connectivity index (χ4n) is 5.31. The van der Waals surface area contributed by atoms with E-state index < -0.39 is 0 Å². The molecule has 2 aromatic rings. The lowest BCUT2D eigenvalue weighted by Gasteiger charge is -2.20. The molecule has 2 amide bonds. The van der Waals surface area contributed by atoms with Gasteiger partial charge < -0.3 is 26.5 Å². The molecule has 0 radical (unpaired) electrons. The highest BCUT2D eigenvalue weighted by molar-refractivity contribution is 6.33. The zero-order chi connectivity index (χ0) is 33.1. The molecule has 2 aromatic carbocycles. The Balaban J connectivity index is 0.000000368. The Bertz CT molecular complexity index is 1140. The van der Waals surface area contributed by atoms with Crippen molar-refractivity contribution in [2.45, 2.75) is 91.6 Å². The summed E-state index contributed by atoms with van der Waals surface area (Å²) in [6.07, 6.45) is 9.15. The molecule has 0 bridgehead atoms. The Morgan fingerprint density at radius 2 is 1.75 bits per heavy atom. The smallest absolute Gasteiger partial charge is 0.251 e. The average Bonchev–Trinajstić information content (AvgIpc) is 3.40. The maximum Gasteiger partial charge on any atom is 0.251 e. The maximum atomic E-state index is 12.1. The summed E-state index contributed by atoms with van der Waals surface area (Å²) >= 11 is 5.89.